The third kappa shape index (κ3) is 6.08. The number of nitrogens with zero attached hydrogens (tertiary/aromatic N) is 2. The van der Waals surface area contributed by atoms with Crippen molar-refractivity contribution in [2.75, 3.05) is 29.6 Å². The number of hydrogen-bond donors (Lipinski definition) is 3. The number of fused-ring (bicyclic) bond motifs is 1. The van der Waals surface area contributed by atoms with Crippen molar-refractivity contribution in [3.63, 3.8) is 0 Å². The van der Waals surface area contributed by atoms with Crippen molar-refractivity contribution in [3.8, 4) is 11.5 Å². The van der Waals surface area contributed by atoms with Gasteiger partial charge in [0.25, 0.3) is 15.9 Å². The Labute approximate surface area is 241 Å². The van der Waals surface area contributed by atoms with Crippen LogP contribution in [-0.4, -0.2) is 38.5 Å². The Morgan fingerprint density at radius 2 is 1.43 bits per heavy atom. The molecule has 10 nitrogen and oxygen atoms in total. The van der Waals surface area contributed by atoms with Gasteiger partial charge in [-0.1, -0.05) is 24.3 Å². The molecule has 0 bridgehead atoms. The summed E-state index contributed by atoms with van der Waals surface area (Å²) in [6.45, 7) is 1.49. The Kier molecular flexibility index (Phi) is 7.89. The Morgan fingerprint density at radius 1 is 0.786 bits per heavy atom. The minimum absolute atomic E-state index is 0.0553. The minimum Gasteiger partial charge on any atom is -0.497 e. The Bertz CT molecular complexity index is 1890. The molecule has 0 aliphatic carbocycles. The van der Waals surface area contributed by atoms with Crippen molar-refractivity contribution >= 4 is 50.0 Å². The maximum absolute atomic E-state index is 14.0. The minimum atomic E-state index is -4.21. The van der Waals surface area contributed by atoms with Crippen LogP contribution in [0.4, 0.5) is 27.4 Å². The van der Waals surface area contributed by atoms with Gasteiger partial charge in [-0.2, -0.15) is 0 Å². The number of methoxy groups -OCH3 is 2. The largest absolute Gasteiger partial charge is 0.497 e. The lowest BCUT2D eigenvalue weighted by atomic mass is 10.1. The SMILES string of the molecule is COc1cc(Nc2nc3ccccc3nc2NS(=O)(=O)c2cccc(NC(=O)c3cccc(F)c3C)c2)cc(OC)c1. The van der Waals surface area contributed by atoms with Crippen LogP contribution >= 0.6 is 0 Å². The van der Waals surface area contributed by atoms with Crippen LogP contribution in [0.3, 0.4) is 0 Å². The molecule has 4 aromatic carbocycles. The molecule has 0 aliphatic rings. The van der Waals surface area contributed by atoms with Gasteiger partial charge in [0.15, 0.2) is 11.6 Å². The lowest BCUT2D eigenvalue weighted by Gasteiger charge is -2.15. The highest BCUT2D eigenvalue weighted by Crippen LogP contribution is 2.31. The maximum Gasteiger partial charge on any atom is 0.263 e. The van der Waals surface area contributed by atoms with E-state index in [1.165, 1.54) is 63.6 Å². The van der Waals surface area contributed by atoms with Gasteiger partial charge in [0.1, 0.15) is 17.3 Å². The molecule has 42 heavy (non-hydrogen) atoms. The number of para-hydroxylation sites is 2. The number of hydrogen-bond acceptors (Lipinski definition) is 8. The average Bonchev–Trinajstić information content (AvgIpc) is 2.98. The molecule has 1 aromatic heterocycles. The van der Waals surface area contributed by atoms with E-state index in [9.17, 15) is 17.6 Å². The van der Waals surface area contributed by atoms with Crippen molar-refractivity contribution in [1.82, 2.24) is 9.97 Å². The molecule has 0 radical (unpaired) electrons. The summed E-state index contributed by atoms with van der Waals surface area (Å²) in [5.41, 5.74) is 2.05. The number of ether oxygens (including phenoxy) is 2. The van der Waals surface area contributed by atoms with E-state index in [1.807, 2.05) is 0 Å². The van der Waals surface area contributed by atoms with Crippen molar-refractivity contribution in [2.24, 2.45) is 0 Å². The molecule has 0 spiro atoms. The summed E-state index contributed by atoms with van der Waals surface area (Å²) in [4.78, 5) is 21.8. The molecule has 1 amide bonds. The summed E-state index contributed by atoms with van der Waals surface area (Å²) < 4.78 is 54.2. The fraction of sp³-hybridized carbons (Fsp3) is 0.100. The number of anilines is 4. The highest BCUT2D eigenvalue weighted by atomic mass is 32.2. The van der Waals surface area contributed by atoms with Crippen LogP contribution in [0.2, 0.25) is 0 Å². The zero-order valence-electron chi connectivity index (χ0n) is 22.8. The van der Waals surface area contributed by atoms with E-state index in [0.717, 1.165) is 0 Å². The van der Waals surface area contributed by atoms with Gasteiger partial charge in [-0.05, 0) is 55.0 Å². The molecular formula is C30H26FN5O5S. The molecule has 0 fully saturated rings. The standard InChI is InChI=1S/C30H26FN5O5S/c1-18-24(10-7-11-25(18)31)30(37)33-19-8-6-9-23(16-19)42(38,39)36-29-28(34-26-12-4-5-13-27(26)35-29)32-20-14-21(40-2)17-22(15-20)41-3/h4-17H,1-3H3,(H,32,34)(H,33,37)(H,35,36). The zero-order chi connectivity index (χ0) is 29.9. The Morgan fingerprint density at radius 3 is 2.10 bits per heavy atom. The van der Waals surface area contributed by atoms with E-state index in [2.05, 4.69) is 25.3 Å². The number of amides is 1. The van der Waals surface area contributed by atoms with Crippen LogP contribution < -0.4 is 24.8 Å². The molecule has 12 heteroatoms. The van der Waals surface area contributed by atoms with Crippen molar-refractivity contribution in [1.29, 1.82) is 0 Å². The number of carbonyl (C=O) groups excluding carboxylic acids is 1. The first-order valence-electron chi connectivity index (χ1n) is 12.6. The van der Waals surface area contributed by atoms with Gasteiger partial charge in [-0.25, -0.2) is 22.8 Å². The quantitative estimate of drug-likeness (QED) is 0.195. The monoisotopic (exact) mass is 587 g/mol. The van der Waals surface area contributed by atoms with Crippen molar-refractivity contribution in [2.45, 2.75) is 11.8 Å². The second kappa shape index (κ2) is 11.7. The summed E-state index contributed by atoms with van der Waals surface area (Å²) in [6.07, 6.45) is 0. The third-order valence-corrected chi connectivity index (χ3v) is 7.67. The fourth-order valence-electron chi connectivity index (χ4n) is 4.15. The first-order valence-corrected chi connectivity index (χ1v) is 14.1. The molecule has 214 valence electrons. The fourth-order valence-corrected chi connectivity index (χ4v) is 5.21. The lowest BCUT2D eigenvalue weighted by Crippen LogP contribution is -2.17. The number of halogens is 1. The van der Waals surface area contributed by atoms with E-state index in [4.69, 9.17) is 9.47 Å². The molecular weight excluding hydrogens is 561 g/mol. The van der Waals surface area contributed by atoms with E-state index >= 15 is 0 Å². The predicted molar refractivity (Wildman–Crippen MR) is 159 cm³/mol. The second-order valence-electron chi connectivity index (χ2n) is 9.14. The molecule has 0 saturated carbocycles. The summed E-state index contributed by atoms with van der Waals surface area (Å²) in [5.74, 6) is 0.0190. The first kappa shape index (κ1) is 28.3. The first-order chi connectivity index (χ1) is 20.2. The highest BCUT2D eigenvalue weighted by molar-refractivity contribution is 7.92. The highest BCUT2D eigenvalue weighted by Gasteiger charge is 2.21. The topological polar surface area (TPSA) is 132 Å². The summed E-state index contributed by atoms with van der Waals surface area (Å²) in [7, 11) is -1.18. The van der Waals surface area contributed by atoms with E-state index in [-0.39, 0.29) is 33.3 Å². The molecule has 0 atom stereocenters. The number of aromatic nitrogens is 2. The van der Waals surface area contributed by atoms with Crippen LogP contribution in [0.5, 0.6) is 11.5 Å². The lowest BCUT2D eigenvalue weighted by molar-refractivity contribution is 0.102. The molecule has 0 saturated heterocycles. The van der Waals surface area contributed by atoms with Crippen LogP contribution in [0, 0.1) is 12.7 Å². The van der Waals surface area contributed by atoms with Gasteiger partial charge in [0, 0.05) is 35.1 Å². The summed E-state index contributed by atoms with van der Waals surface area (Å²) >= 11 is 0. The van der Waals surface area contributed by atoms with Crippen molar-refractivity contribution < 1.29 is 27.1 Å². The van der Waals surface area contributed by atoms with Crippen LogP contribution in [0.25, 0.3) is 11.0 Å². The second-order valence-corrected chi connectivity index (χ2v) is 10.8. The molecule has 3 N–H and O–H groups in total. The zero-order valence-corrected chi connectivity index (χ0v) is 23.6. The van der Waals surface area contributed by atoms with Gasteiger partial charge < -0.3 is 20.1 Å². The average molecular weight is 588 g/mol. The number of benzene rings is 4. The molecule has 5 rings (SSSR count). The van der Waals surface area contributed by atoms with E-state index in [0.29, 0.717) is 28.2 Å². The molecule has 5 aromatic rings. The smallest absolute Gasteiger partial charge is 0.263 e. The van der Waals surface area contributed by atoms with E-state index in [1.54, 1.807) is 42.5 Å². The number of carbonyl (C=O) groups is 1. The van der Waals surface area contributed by atoms with Crippen LogP contribution in [0.1, 0.15) is 15.9 Å². The van der Waals surface area contributed by atoms with Gasteiger partial charge in [-0.15, -0.1) is 0 Å². The molecule has 1 heterocycles. The van der Waals surface area contributed by atoms with Gasteiger partial charge in [-0.3, -0.25) is 9.52 Å². The molecule has 0 unspecified atom stereocenters. The Hall–Kier alpha value is -5.23. The van der Waals surface area contributed by atoms with Crippen LogP contribution in [-0.2, 0) is 10.0 Å². The van der Waals surface area contributed by atoms with Gasteiger partial charge >= 0.3 is 0 Å². The Balaban J connectivity index is 1.47. The van der Waals surface area contributed by atoms with Gasteiger partial charge in [0.2, 0.25) is 0 Å². The number of rotatable bonds is 9. The number of nitrogens with one attached hydrogen (secondary N) is 3. The van der Waals surface area contributed by atoms with Crippen LogP contribution in [0.15, 0.2) is 89.8 Å². The predicted octanol–water partition coefficient (Wildman–Crippen LogP) is 5.89. The summed E-state index contributed by atoms with van der Waals surface area (Å²) in [5, 5.41) is 5.74. The third-order valence-electron chi connectivity index (χ3n) is 6.33. The summed E-state index contributed by atoms with van der Waals surface area (Å²) in [6, 6.07) is 22.0. The maximum atomic E-state index is 14.0. The molecule has 0 aliphatic heterocycles. The van der Waals surface area contributed by atoms with E-state index < -0.39 is 21.7 Å². The normalized spacial score (nSPS) is 11.1. The van der Waals surface area contributed by atoms with Gasteiger partial charge in [0.05, 0.1) is 30.1 Å². The van der Waals surface area contributed by atoms with Crippen molar-refractivity contribution in [3.05, 3.63) is 102 Å². The number of sulfonamides is 1.